The molecular weight excluding hydrogens is 394 g/mol. The molecule has 31 heavy (non-hydrogen) atoms. The summed E-state index contributed by atoms with van der Waals surface area (Å²) >= 11 is 0. The van der Waals surface area contributed by atoms with Crippen molar-refractivity contribution in [1.29, 1.82) is 0 Å². The van der Waals surface area contributed by atoms with Crippen molar-refractivity contribution in [3.63, 3.8) is 0 Å². The number of rotatable bonds is 8. The van der Waals surface area contributed by atoms with E-state index in [1.807, 2.05) is 52.0 Å². The molecule has 0 heterocycles. The first-order valence-electron chi connectivity index (χ1n) is 10.7. The number of carbonyl (C=O) groups is 2. The zero-order valence-electron chi connectivity index (χ0n) is 18.6. The number of amides is 1. The maximum Gasteiger partial charge on any atom is 0.407 e. The first-order chi connectivity index (χ1) is 14.7. The minimum atomic E-state index is -0.915. The van der Waals surface area contributed by atoms with Crippen LogP contribution in [0.2, 0.25) is 0 Å². The van der Waals surface area contributed by atoms with Gasteiger partial charge in [0.15, 0.2) is 0 Å². The van der Waals surface area contributed by atoms with Crippen molar-refractivity contribution in [1.82, 2.24) is 5.32 Å². The Balaban J connectivity index is 1.67. The van der Waals surface area contributed by atoms with Crippen LogP contribution in [0.3, 0.4) is 0 Å². The van der Waals surface area contributed by atoms with Gasteiger partial charge in [-0.2, -0.15) is 0 Å². The Morgan fingerprint density at radius 2 is 1.58 bits per heavy atom. The Morgan fingerprint density at radius 1 is 1.03 bits per heavy atom. The monoisotopic (exact) mass is 425 g/mol. The molecule has 1 unspecified atom stereocenters. The van der Waals surface area contributed by atoms with Crippen LogP contribution in [0.4, 0.5) is 4.79 Å². The molecule has 0 radical (unpaired) electrons. The highest BCUT2D eigenvalue weighted by Crippen LogP contribution is 2.44. The molecule has 2 N–H and O–H groups in total. The zero-order valence-corrected chi connectivity index (χ0v) is 18.6. The number of benzene rings is 2. The van der Waals surface area contributed by atoms with Crippen LogP contribution in [-0.2, 0) is 14.3 Å². The summed E-state index contributed by atoms with van der Waals surface area (Å²) in [5.74, 6) is -0.943. The molecule has 166 valence electrons. The number of nitrogens with one attached hydrogen (secondary N) is 1. The number of hydrogen-bond donors (Lipinski definition) is 2. The molecule has 6 nitrogen and oxygen atoms in total. The van der Waals surface area contributed by atoms with E-state index in [0.29, 0.717) is 0 Å². The number of ether oxygens (including phenoxy) is 2. The number of hydrogen-bond acceptors (Lipinski definition) is 4. The number of alkyl carbamates (subject to hydrolysis) is 1. The number of aliphatic carboxylic acids is 1. The smallest absolute Gasteiger partial charge is 0.407 e. The topological polar surface area (TPSA) is 84.9 Å². The lowest BCUT2D eigenvalue weighted by atomic mass is 9.98. The highest BCUT2D eigenvalue weighted by molar-refractivity contribution is 5.79. The minimum Gasteiger partial charge on any atom is -0.481 e. The molecule has 0 saturated heterocycles. The molecule has 0 fully saturated rings. The SMILES string of the molecule is CC(OC(C)(C)C)[C@@H](CCC(=O)O)NC(=O)OCC1c2ccccc2-c2ccccc21. The molecule has 0 aromatic heterocycles. The Labute approximate surface area is 183 Å². The Bertz CT molecular complexity index is 888. The van der Waals surface area contributed by atoms with E-state index < -0.39 is 23.7 Å². The Hall–Kier alpha value is -2.86. The van der Waals surface area contributed by atoms with Gasteiger partial charge in [-0.05, 0) is 56.4 Å². The van der Waals surface area contributed by atoms with E-state index in [9.17, 15) is 9.59 Å². The third kappa shape index (κ3) is 5.85. The lowest BCUT2D eigenvalue weighted by molar-refractivity contribution is -0.137. The highest BCUT2D eigenvalue weighted by atomic mass is 16.6. The lowest BCUT2D eigenvalue weighted by Crippen LogP contribution is -2.46. The summed E-state index contributed by atoms with van der Waals surface area (Å²) < 4.78 is 11.5. The third-order valence-corrected chi connectivity index (χ3v) is 5.42. The van der Waals surface area contributed by atoms with Crippen molar-refractivity contribution in [2.75, 3.05) is 6.61 Å². The van der Waals surface area contributed by atoms with Crippen LogP contribution >= 0.6 is 0 Å². The average molecular weight is 426 g/mol. The van der Waals surface area contributed by atoms with E-state index in [1.54, 1.807) is 0 Å². The molecule has 2 aromatic carbocycles. The maximum absolute atomic E-state index is 12.6. The first-order valence-corrected chi connectivity index (χ1v) is 10.7. The van der Waals surface area contributed by atoms with Gasteiger partial charge < -0.3 is 19.9 Å². The molecule has 0 bridgehead atoms. The van der Waals surface area contributed by atoms with Crippen LogP contribution in [0.1, 0.15) is 57.6 Å². The summed E-state index contributed by atoms with van der Waals surface area (Å²) in [7, 11) is 0. The molecule has 1 amide bonds. The Kier molecular flexibility index (Phi) is 7.01. The first kappa shape index (κ1) is 22.8. The highest BCUT2D eigenvalue weighted by Gasteiger charge is 2.30. The molecule has 1 aliphatic rings. The van der Waals surface area contributed by atoms with Crippen molar-refractivity contribution < 1.29 is 24.2 Å². The van der Waals surface area contributed by atoms with Crippen molar-refractivity contribution in [2.45, 2.75) is 64.2 Å². The molecule has 3 rings (SSSR count). The lowest BCUT2D eigenvalue weighted by Gasteiger charge is -2.31. The Morgan fingerprint density at radius 3 is 2.10 bits per heavy atom. The molecule has 2 aromatic rings. The third-order valence-electron chi connectivity index (χ3n) is 5.42. The second kappa shape index (κ2) is 9.52. The van der Waals surface area contributed by atoms with Gasteiger partial charge in [0, 0.05) is 12.3 Å². The molecule has 6 heteroatoms. The van der Waals surface area contributed by atoms with Crippen LogP contribution in [0.15, 0.2) is 48.5 Å². The van der Waals surface area contributed by atoms with Crippen molar-refractivity contribution in [3.05, 3.63) is 59.7 Å². The standard InChI is InChI=1S/C25H31NO5/c1-16(31-25(2,3)4)22(13-14-23(27)28)26-24(29)30-15-21-19-11-7-5-9-17(19)18-10-6-8-12-20(18)21/h5-12,16,21-22H,13-15H2,1-4H3,(H,26,29)(H,27,28)/t16?,22-/m1/s1. The second-order valence-corrected chi connectivity index (χ2v) is 8.94. The van der Waals surface area contributed by atoms with Gasteiger partial charge in [-0.15, -0.1) is 0 Å². The molecular formula is C25H31NO5. The predicted octanol–water partition coefficient (Wildman–Crippen LogP) is 4.96. The number of carbonyl (C=O) groups excluding carboxylic acids is 1. The fourth-order valence-electron chi connectivity index (χ4n) is 4.13. The largest absolute Gasteiger partial charge is 0.481 e. The van der Waals surface area contributed by atoms with Gasteiger partial charge >= 0.3 is 12.1 Å². The molecule has 2 atom stereocenters. The maximum atomic E-state index is 12.6. The normalized spacial score (nSPS) is 15.0. The van der Waals surface area contributed by atoms with E-state index in [2.05, 4.69) is 29.6 Å². The fourth-order valence-corrected chi connectivity index (χ4v) is 4.13. The molecule has 1 aliphatic carbocycles. The van der Waals surface area contributed by atoms with Gasteiger partial charge in [-0.1, -0.05) is 48.5 Å². The zero-order chi connectivity index (χ0) is 22.6. The van der Waals surface area contributed by atoms with Gasteiger partial charge in [0.25, 0.3) is 0 Å². The quantitative estimate of drug-likeness (QED) is 0.624. The van der Waals surface area contributed by atoms with Crippen LogP contribution < -0.4 is 5.32 Å². The summed E-state index contributed by atoms with van der Waals surface area (Å²) in [5, 5.41) is 11.9. The second-order valence-electron chi connectivity index (χ2n) is 8.94. The van der Waals surface area contributed by atoms with Crippen LogP contribution in [0, 0.1) is 0 Å². The van der Waals surface area contributed by atoms with E-state index in [0.717, 1.165) is 11.1 Å². The molecule has 0 saturated carbocycles. The van der Waals surface area contributed by atoms with E-state index >= 15 is 0 Å². The minimum absolute atomic E-state index is 0.0288. The van der Waals surface area contributed by atoms with Gasteiger partial charge in [0.1, 0.15) is 6.61 Å². The average Bonchev–Trinajstić information content (AvgIpc) is 3.02. The number of carboxylic acid groups (broad SMARTS) is 1. The summed E-state index contributed by atoms with van der Waals surface area (Å²) in [6, 6.07) is 15.8. The fraction of sp³-hybridized carbons (Fsp3) is 0.440. The molecule has 0 spiro atoms. The van der Waals surface area contributed by atoms with Crippen LogP contribution in [0.5, 0.6) is 0 Å². The van der Waals surface area contributed by atoms with Gasteiger partial charge in [0.2, 0.25) is 0 Å². The number of fused-ring (bicyclic) bond motifs is 3. The molecule has 0 aliphatic heterocycles. The summed E-state index contributed by atoms with van der Waals surface area (Å²) in [6.07, 6.45) is -0.732. The van der Waals surface area contributed by atoms with Crippen molar-refractivity contribution >= 4 is 12.1 Å². The van der Waals surface area contributed by atoms with Gasteiger partial charge in [-0.25, -0.2) is 4.79 Å². The van der Waals surface area contributed by atoms with Crippen LogP contribution in [-0.4, -0.2) is 41.5 Å². The summed E-state index contributed by atoms with van der Waals surface area (Å²) in [4.78, 5) is 23.7. The van der Waals surface area contributed by atoms with Gasteiger partial charge in [0.05, 0.1) is 17.7 Å². The summed E-state index contributed by atoms with van der Waals surface area (Å²) in [5.41, 5.74) is 4.20. The van der Waals surface area contributed by atoms with E-state index in [1.165, 1.54) is 11.1 Å². The van der Waals surface area contributed by atoms with Crippen molar-refractivity contribution in [3.8, 4) is 11.1 Å². The van der Waals surface area contributed by atoms with Crippen molar-refractivity contribution in [2.24, 2.45) is 0 Å². The van der Waals surface area contributed by atoms with Crippen LogP contribution in [0.25, 0.3) is 11.1 Å². The van der Waals surface area contributed by atoms with Gasteiger partial charge in [-0.3, -0.25) is 4.79 Å². The number of carboxylic acids is 1. The predicted molar refractivity (Wildman–Crippen MR) is 119 cm³/mol. The van der Waals surface area contributed by atoms with E-state index in [4.69, 9.17) is 14.6 Å². The summed E-state index contributed by atoms with van der Waals surface area (Å²) in [6.45, 7) is 7.81. The van der Waals surface area contributed by atoms with E-state index in [-0.39, 0.29) is 31.5 Å².